The number of halogens is 1. The highest BCUT2D eigenvalue weighted by molar-refractivity contribution is 6.30. The van der Waals surface area contributed by atoms with Crippen molar-refractivity contribution in [1.29, 1.82) is 0 Å². The molecular formula is C16H13ClO3. The van der Waals surface area contributed by atoms with E-state index in [9.17, 15) is 4.79 Å². The first kappa shape index (κ1) is 14.2. The summed E-state index contributed by atoms with van der Waals surface area (Å²) in [7, 11) is 1.52. The molecule has 0 aliphatic heterocycles. The number of hydrogen-bond acceptors (Lipinski definition) is 3. The van der Waals surface area contributed by atoms with E-state index in [4.69, 9.17) is 21.1 Å². The second kappa shape index (κ2) is 6.78. The van der Waals surface area contributed by atoms with Crippen molar-refractivity contribution in [2.75, 3.05) is 7.11 Å². The second-order valence-corrected chi connectivity index (χ2v) is 4.39. The van der Waals surface area contributed by atoms with E-state index in [1.807, 2.05) is 12.1 Å². The zero-order valence-electron chi connectivity index (χ0n) is 10.9. The van der Waals surface area contributed by atoms with E-state index >= 15 is 0 Å². The van der Waals surface area contributed by atoms with Crippen molar-refractivity contribution in [2.45, 2.75) is 0 Å². The molecule has 0 fully saturated rings. The molecule has 0 saturated carbocycles. The van der Waals surface area contributed by atoms with Crippen molar-refractivity contribution in [3.8, 4) is 11.5 Å². The van der Waals surface area contributed by atoms with Crippen molar-refractivity contribution < 1.29 is 14.3 Å². The average Bonchev–Trinajstić information content (AvgIpc) is 2.47. The van der Waals surface area contributed by atoms with Crippen LogP contribution in [0.5, 0.6) is 11.5 Å². The van der Waals surface area contributed by atoms with Gasteiger partial charge in [0, 0.05) is 11.1 Å². The maximum Gasteiger partial charge on any atom is 0.336 e. The van der Waals surface area contributed by atoms with Gasteiger partial charge in [0.05, 0.1) is 7.11 Å². The van der Waals surface area contributed by atoms with Crippen LogP contribution in [0.2, 0.25) is 5.02 Å². The molecule has 0 N–H and O–H groups in total. The van der Waals surface area contributed by atoms with Gasteiger partial charge in [-0.25, -0.2) is 4.79 Å². The summed E-state index contributed by atoms with van der Waals surface area (Å²) in [6.07, 6.45) is 3.02. The Morgan fingerprint density at radius 2 is 1.70 bits per heavy atom. The minimum atomic E-state index is -0.468. The fourth-order valence-electron chi connectivity index (χ4n) is 1.58. The van der Waals surface area contributed by atoms with Gasteiger partial charge in [-0.15, -0.1) is 0 Å². The van der Waals surface area contributed by atoms with Crippen LogP contribution in [0.25, 0.3) is 6.08 Å². The summed E-state index contributed by atoms with van der Waals surface area (Å²) < 4.78 is 10.3. The van der Waals surface area contributed by atoms with Crippen molar-refractivity contribution in [3.63, 3.8) is 0 Å². The van der Waals surface area contributed by atoms with Gasteiger partial charge in [0.25, 0.3) is 0 Å². The summed E-state index contributed by atoms with van der Waals surface area (Å²) >= 11 is 5.79. The summed E-state index contributed by atoms with van der Waals surface area (Å²) in [6, 6.07) is 14.1. The summed E-state index contributed by atoms with van der Waals surface area (Å²) in [5.41, 5.74) is 0.867. The van der Waals surface area contributed by atoms with Crippen LogP contribution >= 0.6 is 11.6 Å². The lowest BCUT2D eigenvalue weighted by atomic mass is 10.2. The van der Waals surface area contributed by atoms with E-state index < -0.39 is 5.97 Å². The molecule has 0 bridgehead atoms. The van der Waals surface area contributed by atoms with E-state index in [-0.39, 0.29) is 0 Å². The number of benzene rings is 2. The Balaban J connectivity index is 2.03. The number of methoxy groups -OCH3 is 1. The zero-order valence-corrected chi connectivity index (χ0v) is 11.6. The smallest absolute Gasteiger partial charge is 0.336 e. The molecule has 0 aliphatic carbocycles. The molecule has 2 aromatic carbocycles. The first-order chi connectivity index (χ1) is 9.69. The number of carbonyl (C=O) groups is 1. The largest absolute Gasteiger partial charge is 0.493 e. The van der Waals surface area contributed by atoms with Crippen LogP contribution < -0.4 is 9.47 Å². The molecule has 0 saturated heterocycles. The molecule has 0 aliphatic rings. The Hall–Kier alpha value is -2.26. The molecule has 0 unspecified atom stereocenters. The Morgan fingerprint density at radius 3 is 2.35 bits per heavy atom. The summed E-state index contributed by atoms with van der Waals surface area (Å²) in [6.45, 7) is 0. The van der Waals surface area contributed by atoms with Gasteiger partial charge in [0.2, 0.25) is 0 Å². The van der Waals surface area contributed by atoms with E-state index in [0.717, 1.165) is 5.56 Å². The molecule has 0 atom stereocenters. The Kier molecular flexibility index (Phi) is 4.80. The minimum absolute atomic E-state index is 0.390. The Bertz CT molecular complexity index is 618. The van der Waals surface area contributed by atoms with Crippen LogP contribution in [-0.2, 0) is 4.79 Å². The number of hydrogen-bond donors (Lipinski definition) is 0. The predicted molar refractivity (Wildman–Crippen MR) is 79.1 cm³/mol. The van der Waals surface area contributed by atoms with Gasteiger partial charge >= 0.3 is 5.97 Å². The van der Waals surface area contributed by atoms with Crippen LogP contribution in [0.1, 0.15) is 5.56 Å². The van der Waals surface area contributed by atoms with Crippen molar-refractivity contribution in [1.82, 2.24) is 0 Å². The minimum Gasteiger partial charge on any atom is -0.493 e. The molecule has 0 spiro atoms. The summed E-state index contributed by atoms with van der Waals surface area (Å²) in [4.78, 5) is 11.7. The number of ether oxygens (including phenoxy) is 2. The van der Waals surface area contributed by atoms with E-state index in [2.05, 4.69) is 0 Å². The Labute approximate surface area is 122 Å². The number of carbonyl (C=O) groups excluding carboxylic acids is 1. The zero-order chi connectivity index (χ0) is 14.4. The van der Waals surface area contributed by atoms with Crippen LogP contribution in [0.15, 0.2) is 54.6 Å². The van der Waals surface area contributed by atoms with Gasteiger partial charge in [-0.3, -0.25) is 0 Å². The predicted octanol–water partition coefficient (Wildman–Crippen LogP) is 3.97. The quantitative estimate of drug-likeness (QED) is 0.485. The molecule has 0 radical (unpaired) electrons. The average molecular weight is 289 g/mol. The topological polar surface area (TPSA) is 35.5 Å². The van der Waals surface area contributed by atoms with Gasteiger partial charge in [0.1, 0.15) is 0 Å². The normalized spacial score (nSPS) is 10.5. The summed E-state index contributed by atoms with van der Waals surface area (Å²) in [5, 5.41) is 0.652. The highest BCUT2D eigenvalue weighted by Gasteiger charge is 2.06. The van der Waals surface area contributed by atoms with Crippen LogP contribution in [-0.4, -0.2) is 13.1 Å². The number of esters is 1. The fourth-order valence-corrected chi connectivity index (χ4v) is 1.71. The van der Waals surface area contributed by atoms with E-state index in [1.165, 1.54) is 13.2 Å². The summed E-state index contributed by atoms with van der Waals surface area (Å²) in [5.74, 6) is 0.436. The highest BCUT2D eigenvalue weighted by atomic mass is 35.5. The van der Waals surface area contributed by atoms with E-state index in [0.29, 0.717) is 16.5 Å². The monoisotopic (exact) mass is 288 g/mol. The van der Waals surface area contributed by atoms with Gasteiger partial charge in [0.15, 0.2) is 11.5 Å². The van der Waals surface area contributed by atoms with Crippen LogP contribution in [0, 0.1) is 0 Å². The van der Waals surface area contributed by atoms with Crippen LogP contribution in [0.4, 0.5) is 0 Å². The molecular weight excluding hydrogens is 276 g/mol. The standard InChI is InChI=1S/C16H13ClO3/c1-19-14-4-2-3-5-15(14)20-16(18)11-8-12-6-9-13(17)10-7-12/h2-11H,1H3. The van der Waals surface area contributed by atoms with Gasteiger partial charge < -0.3 is 9.47 Å². The third kappa shape index (κ3) is 3.87. The van der Waals surface area contributed by atoms with Crippen molar-refractivity contribution in [2.24, 2.45) is 0 Å². The maximum absolute atomic E-state index is 11.7. The van der Waals surface area contributed by atoms with Crippen LogP contribution in [0.3, 0.4) is 0 Å². The SMILES string of the molecule is COc1ccccc1OC(=O)C=Cc1ccc(Cl)cc1. The molecule has 2 aromatic rings. The lowest BCUT2D eigenvalue weighted by molar-refractivity contribution is -0.129. The first-order valence-corrected chi connectivity index (χ1v) is 6.35. The first-order valence-electron chi connectivity index (χ1n) is 5.97. The molecule has 102 valence electrons. The van der Waals surface area contributed by atoms with E-state index in [1.54, 1.807) is 42.5 Å². The molecule has 2 rings (SSSR count). The third-order valence-corrected chi connectivity index (χ3v) is 2.81. The molecule has 4 heteroatoms. The molecule has 20 heavy (non-hydrogen) atoms. The van der Waals surface area contributed by atoms with Gasteiger partial charge in [-0.2, -0.15) is 0 Å². The lowest BCUT2D eigenvalue weighted by Crippen LogP contribution is -2.04. The van der Waals surface area contributed by atoms with Crippen molar-refractivity contribution >= 4 is 23.6 Å². The molecule has 0 amide bonds. The Morgan fingerprint density at radius 1 is 1.05 bits per heavy atom. The molecule has 0 aromatic heterocycles. The van der Waals surface area contributed by atoms with Gasteiger partial charge in [-0.05, 0) is 35.9 Å². The maximum atomic E-state index is 11.7. The highest BCUT2D eigenvalue weighted by Crippen LogP contribution is 2.25. The van der Waals surface area contributed by atoms with Crippen molar-refractivity contribution in [3.05, 3.63) is 65.2 Å². The second-order valence-electron chi connectivity index (χ2n) is 3.96. The molecule has 0 heterocycles. The number of para-hydroxylation sites is 2. The fraction of sp³-hybridized carbons (Fsp3) is 0.0625. The molecule has 3 nitrogen and oxygen atoms in total. The lowest BCUT2D eigenvalue weighted by Gasteiger charge is -2.06. The number of rotatable bonds is 4. The van der Waals surface area contributed by atoms with Gasteiger partial charge in [-0.1, -0.05) is 35.9 Å². The third-order valence-electron chi connectivity index (χ3n) is 2.56.